The maximum Gasteiger partial charge on any atom is 0.0668 e. The second-order valence-corrected chi connectivity index (χ2v) is 7.51. The van der Waals surface area contributed by atoms with Crippen LogP contribution in [0.15, 0.2) is 72.8 Å². The minimum absolute atomic E-state index is 1.19. The first-order valence-electron chi connectivity index (χ1n) is 8.34. The van der Waals surface area contributed by atoms with Gasteiger partial charge in [-0.15, -0.1) is 0 Å². The Bertz CT molecular complexity index is 1450. The molecule has 0 saturated heterocycles. The Hall–Kier alpha value is -2.53. The summed E-state index contributed by atoms with van der Waals surface area (Å²) in [5.74, 6) is 0. The van der Waals surface area contributed by atoms with Crippen LogP contribution in [-0.2, 0) is 0 Å². The van der Waals surface area contributed by atoms with Gasteiger partial charge in [0.1, 0.15) is 0 Å². The average Bonchev–Trinajstić information content (AvgIpc) is 3.16. The molecule has 25 heavy (non-hydrogen) atoms. The highest BCUT2D eigenvalue weighted by Crippen LogP contribution is 2.38. The molecule has 3 heteroatoms. The SMILES string of the molecule is In1c2cc3[nH]c4ccccc4c3cc2c2ccc3ccccc3c21. The number of fused-ring (bicyclic) bond motifs is 8. The number of halogens is 1. The lowest BCUT2D eigenvalue weighted by Crippen LogP contribution is -1.80. The summed E-state index contributed by atoms with van der Waals surface area (Å²) in [4.78, 5) is 3.56. The molecule has 2 aromatic heterocycles. The van der Waals surface area contributed by atoms with E-state index in [1.54, 1.807) is 0 Å². The van der Waals surface area contributed by atoms with Gasteiger partial charge in [-0.2, -0.15) is 0 Å². The van der Waals surface area contributed by atoms with Crippen LogP contribution in [0.3, 0.4) is 0 Å². The van der Waals surface area contributed by atoms with Crippen molar-refractivity contribution in [3.8, 4) is 0 Å². The van der Waals surface area contributed by atoms with Crippen molar-refractivity contribution < 1.29 is 0 Å². The van der Waals surface area contributed by atoms with Crippen molar-refractivity contribution in [3.05, 3.63) is 72.8 Å². The molecule has 0 spiro atoms. The number of para-hydroxylation sites is 1. The van der Waals surface area contributed by atoms with E-state index in [1.165, 1.54) is 54.4 Å². The quantitative estimate of drug-likeness (QED) is 0.256. The molecule has 0 aliphatic heterocycles. The Morgan fingerprint density at radius 3 is 2.36 bits per heavy atom. The van der Waals surface area contributed by atoms with Crippen LogP contribution >= 0.6 is 22.9 Å². The summed E-state index contributed by atoms with van der Waals surface area (Å²) in [6.45, 7) is 0. The second-order valence-electron chi connectivity index (χ2n) is 6.55. The summed E-state index contributed by atoms with van der Waals surface area (Å²) in [6, 6.07) is 26.3. The molecule has 6 aromatic rings. The van der Waals surface area contributed by atoms with Crippen LogP contribution in [0.1, 0.15) is 0 Å². The van der Waals surface area contributed by atoms with E-state index in [2.05, 4.69) is 103 Å². The van der Waals surface area contributed by atoms with Crippen molar-refractivity contribution >= 4 is 77.2 Å². The standard InChI is InChI=1S/C22H13IN2/c23-25-21-12-20-17(15-7-3-4-8-19(15)24-20)11-18(21)16-10-9-13-5-1-2-6-14(13)22(16)25/h1-12,24H. The van der Waals surface area contributed by atoms with Crippen molar-refractivity contribution in [2.45, 2.75) is 0 Å². The average molecular weight is 432 g/mol. The Balaban J connectivity index is 1.88. The third kappa shape index (κ3) is 1.74. The molecule has 0 fully saturated rings. The minimum atomic E-state index is 1.19. The molecule has 0 aliphatic rings. The highest BCUT2D eigenvalue weighted by atomic mass is 127. The van der Waals surface area contributed by atoms with E-state index < -0.39 is 0 Å². The summed E-state index contributed by atoms with van der Waals surface area (Å²) < 4.78 is 2.30. The van der Waals surface area contributed by atoms with Gasteiger partial charge in [0.15, 0.2) is 0 Å². The zero-order chi connectivity index (χ0) is 16.5. The second kappa shape index (κ2) is 4.76. The van der Waals surface area contributed by atoms with E-state index >= 15 is 0 Å². The zero-order valence-electron chi connectivity index (χ0n) is 13.3. The van der Waals surface area contributed by atoms with E-state index in [9.17, 15) is 0 Å². The third-order valence-electron chi connectivity index (χ3n) is 5.22. The predicted octanol–water partition coefficient (Wildman–Crippen LogP) is 6.78. The van der Waals surface area contributed by atoms with E-state index in [-0.39, 0.29) is 0 Å². The number of hydrogen-bond donors (Lipinski definition) is 1. The molecule has 0 unspecified atom stereocenters. The summed E-state index contributed by atoms with van der Waals surface area (Å²) in [7, 11) is 0. The van der Waals surface area contributed by atoms with Crippen LogP contribution in [0.2, 0.25) is 0 Å². The monoisotopic (exact) mass is 432 g/mol. The molecule has 0 saturated carbocycles. The van der Waals surface area contributed by atoms with Crippen LogP contribution in [0.25, 0.3) is 54.4 Å². The number of nitrogens with one attached hydrogen (secondary N) is 1. The highest BCUT2D eigenvalue weighted by molar-refractivity contribution is 14.1. The van der Waals surface area contributed by atoms with Crippen molar-refractivity contribution in [1.82, 2.24) is 7.76 Å². The summed E-state index contributed by atoms with van der Waals surface area (Å²) in [6.07, 6.45) is 0. The summed E-state index contributed by atoms with van der Waals surface area (Å²) >= 11 is 2.43. The van der Waals surface area contributed by atoms with Gasteiger partial charge in [-0.25, -0.2) is 0 Å². The minimum Gasteiger partial charge on any atom is -0.354 e. The predicted molar refractivity (Wildman–Crippen MR) is 116 cm³/mol. The fraction of sp³-hybridized carbons (Fsp3) is 0. The van der Waals surface area contributed by atoms with E-state index in [0.29, 0.717) is 0 Å². The highest BCUT2D eigenvalue weighted by Gasteiger charge is 2.14. The third-order valence-corrected chi connectivity index (χ3v) is 6.22. The number of benzene rings is 4. The molecule has 118 valence electrons. The van der Waals surface area contributed by atoms with Gasteiger partial charge in [-0.1, -0.05) is 54.6 Å². The van der Waals surface area contributed by atoms with Gasteiger partial charge in [0.05, 0.1) is 33.9 Å². The maximum atomic E-state index is 3.56. The van der Waals surface area contributed by atoms with Crippen LogP contribution < -0.4 is 0 Å². The van der Waals surface area contributed by atoms with Gasteiger partial charge in [0.2, 0.25) is 0 Å². The lowest BCUT2D eigenvalue weighted by Gasteiger charge is -2.01. The lowest BCUT2D eigenvalue weighted by molar-refractivity contribution is 1.50. The van der Waals surface area contributed by atoms with Gasteiger partial charge >= 0.3 is 0 Å². The van der Waals surface area contributed by atoms with Crippen LogP contribution in [0, 0.1) is 0 Å². The van der Waals surface area contributed by atoms with Gasteiger partial charge in [-0.3, -0.25) is 2.78 Å². The number of aromatic nitrogens is 2. The number of H-pyrrole nitrogens is 1. The van der Waals surface area contributed by atoms with E-state index in [4.69, 9.17) is 0 Å². The lowest BCUT2D eigenvalue weighted by atomic mass is 10.0. The van der Waals surface area contributed by atoms with Gasteiger partial charge < -0.3 is 4.98 Å². The molecule has 0 atom stereocenters. The molecular formula is C22H13IN2. The molecule has 2 heterocycles. The topological polar surface area (TPSA) is 20.7 Å². The van der Waals surface area contributed by atoms with Gasteiger partial charge in [0, 0.05) is 38.0 Å². The van der Waals surface area contributed by atoms with Gasteiger partial charge in [-0.05, 0) is 23.6 Å². The fourth-order valence-electron chi connectivity index (χ4n) is 4.07. The van der Waals surface area contributed by atoms with Crippen LogP contribution in [-0.4, -0.2) is 7.76 Å². The Labute approximate surface area is 157 Å². The Morgan fingerprint density at radius 1 is 0.640 bits per heavy atom. The van der Waals surface area contributed by atoms with Crippen LogP contribution in [0.5, 0.6) is 0 Å². The number of hydrogen-bond acceptors (Lipinski definition) is 0. The Kier molecular flexibility index (Phi) is 2.61. The normalized spacial score (nSPS) is 12.2. The van der Waals surface area contributed by atoms with Crippen molar-refractivity contribution in [1.29, 1.82) is 0 Å². The molecule has 1 N–H and O–H groups in total. The molecule has 0 bridgehead atoms. The van der Waals surface area contributed by atoms with E-state index in [0.717, 1.165) is 0 Å². The van der Waals surface area contributed by atoms with Crippen molar-refractivity contribution in [2.75, 3.05) is 0 Å². The molecule has 0 amide bonds. The van der Waals surface area contributed by atoms with Crippen molar-refractivity contribution in [2.24, 2.45) is 0 Å². The van der Waals surface area contributed by atoms with E-state index in [1.807, 2.05) is 0 Å². The molecule has 2 nitrogen and oxygen atoms in total. The maximum absolute atomic E-state index is 3.56. The number of aromatic amines is 1. The Morgan fingerprint density at radius 2 is 1.44 bits per heavy atom. The molecule has 0 aliphatic carbocycles. The zero-order valence-corrected chi connectivity index (χ0v) is 15.4. The smallest absolute Gasteiger partial charge is 0.0668 e. The molecular weight excluding hydrogens is 419 g/mol. The summed E-state index contributed by atoms with van der Waals surface area (Å²) in [5.41, 5.74) is 4.94. The summed E-state index contributed by atoms with van der Waals surface area (Å²) in [5, 5.41) is 7.79. The van der Waals surface area contributed by atoms with Crippen molar-refractivity contribution in [3.63, 3.8) is 0 Å². The first-order chi connectivity index (χ1) is 12.3. The first kappa shape index (κ1) is 13.7. The number of rotatable bonds is 0. The number of nitrogens with zero attached hydrogens (tertiary/aromatic N) is 1. The molecule has 6 rings (SSSR count). The first-order valence-corrected chi connectivity index (χ1v) is 9.30. The van der Waals surface area contributed by atoms with Gasteiger partial charge in [0.25, 0.3) is 0 Å². The fourth-order valence-corrected chi connectivity index (χ4v) is 4.99. The molecule has 4 aromatic carbocycles. The largest absolute Gasteiger partial charge is 0.354 e. The van der Waals surface area contributed by atoms with Crippen LogP contribution in [0.4, 0.5) is 0 Å². The molecule has 0 radical (unpaired) electrons.